The zero-order valence-corrected chi connectivity index (χ0v) is 26.2. The Labute approximate surface area is 263 Å². The molecule has 1 atom stereocenters. The molecule has 0 heterocycles. The van der Waals surface area contributed by atoms with Gasteiger partial charge in [0.15, 0.2) is 0 Å². The third-order valence-electron chi connectivity index (χ3n) is 7.04. The second-order valence-electron chi connectivity index (χ2n) is 9.83. The van der Waals surface area contributed by atoms with Crippen molar-refractivity contribution in [2.75, 3.05) is 32.1 Å². The van der Waals surface area contributed by atoms with Crippen LogP contribution in [0.2, 0.25) is 5.02 Å². The number of carbonyl (C=O) groups excluding carboxylic acids is 2. The predicted octanol–water partition coefficient (Wildman–Crippen LogP) is 4.94. The Kier molecular flexibility index (Phi) is 10.9. The molecule has 0 aromatic heterocycles. The molecule has 4 aromatic rings. The molecule has 0 unspecified atom stereocenters. The summed E-state index contributed by atoms with van der Waals surface area (Å²) < 4.78 is 40.0. The maximum absolute atomic E-state index is 14.4. The van der Waals surface area contributed by atoms with Gasteiger partial charge in [-0.25, -0.2) is 8.42 Å². The van der Waals surface area contributed by atoms with Crippen LogP contribution < -0.4 is 19.1 Å². The number of sulfonamides is 1. The van der Waals surface area contributed by atoms with Crippen molar-refractivity contribution in [3.8, 4) is 11.5 Å². The number of ether oxygens (including phenoxy) is 2. The molecule has 0 aliphatic carbocycles. The summed E-state index contributed by atoms with van der Waals surface area (Å²) in [7, 11) is 0.101. The van der Waals surface area contributed by atoms with Gasteiger partial charge in [-0.05, 0) is 59.7 Å². The Morgan fingerprint density at radius 1 is 0.841 bits per heavy atom. The van der Waals surface area contributed by atoms with Crippen molar-refractivity contribution >= 4 is 39.1 Å². The largest absolute Gasteiger partial charge is 0.497 e. The van der Waals surface area contributed by atoms with E-state index in [1.165, 1.54) is 50.4 Å². The molecule has 44 heavy (non-hydrogen) atoms. The molecular weight excluding hydrogens is 602 g/mol. The van der Waals surface area contributed by atoms with Gasteiger partial charge >= 0.3 is 0 Å². The lowest BCUT2D eigenvalue weighted by Crippen LogP contribution is -2.53. The summed E-state index contributed by atoms with van der Waals surface area (Å²) >= 11 is 6.26. The van der Waals surface area contributed by atoms with Crippen molar-refractivity contribution in [1.29, 1.82) is 0 Å². The smallest absolute Gasteiger partial charge is 0.264 e. The Bertz CT molecular complexity index is 1680. The molecular formula is C33H34ClN3O6S. The van der Waals surface area contributed by atoms with Crippen molar-refractivity contribution in [3.63, 3.8) is 0 Å². The van der Waals surface area contributed by atoms with Crippen LogP contribution in [0.5, 0.6) is 11.5 Å². The molecule has 0 aliphatic heterocycles. The standard InChI is InChI=1S/C33H34ClN3O6S/c1-35-33(39)30(21-24-10-5-4-6-11-24)36(22-25-12-9-13-26(34)20-25)32(38)23-37(29-14-7-8-15-31(29)43-3)44(40,41)28-18-16-27(42-2)17-19-28/h4-20,30H,21-23H2,1-3H3,(H,35,39)/t30-/m1/s1. The number of para-hydroxylation sites is 2. The van der Waals surface area contributed by atoms with Crippen LogP contribution in [0, 0.1) is 0 Å². The number of amides is 2. The van der Waals surface area contributed by atoms with E-state index in [4.69, 9.17) is 21.1 Å². The number of carbonyl (C=O) groups is 2. The van der Waals surface area contributed by atoms with Crippen molar-refractivity contribution < 1.29 is 27.5 Å². The first-order chi connectivity index (χ1) is 21.2. The highest BCUT2D eigenvalue weighted by molar-refractivity contribution is 7.92. The summed E-state index contributed by atoms with van der Waals surface area (Å²) in [6.45, 7) is -0.607. The maximum Gasteiger partial charge on any atom is 0.264 e. The van der Waals surface area contributed by atoms with E-state index in [2.05, 4.69) is 5.32 Å². The third-order valence-corrected chi connectivity index (χ3v) is 9.05. The molecule has 1 N–H and O–H groups in total. The molecule has 4 aromatic carbocycles. The summed E-state index contributed by atoms with van der Waals surface area (Å²) in [6.07, 6.45) is 0.201. The average Bonchev–Trinajstić information content (AvgIpc) is 3.05. The molecule has 230 valence electrons. The SMILES string of the molecule is CNC(=O)[C@@H](Cc1ccccc1)N(Cc1cccc(Cl)c1)C(=O)CN(c1ccccc1OC)S(=O)(=O)c1ccc(OC)cc1. The van der Waals surface area contributed by atoms with E-state index in [1.807, 2.05) is 30.3 Å². The van der Waals surface area contributed by atoms with Crippen molar-refractivity contribution in [1.82, 2.24) is 10.2 Å². The molecule has 0 saturated carbocycles. The number of methoxy groups -OCH3 is 2. The third kappa shape index (κ3) is 7.69. The fraction of sp³-hybridized carbons (Fsp3) is 0.212. The topological polar surface area (TPSA) is 105 Å². The van der Waals surface area contributed by atoms with Gasteiger partial charge in [0.05, 0.1) is 24.8 Å². The molecule has 2 amide bonds. The Balaban J connectivity index is 1.81. The zero-order chi connectivity index (χ0) is 31.7. The minimum absolute atomic E-state index is 0.00661. The number of anilines is 1. The minimum atomic E-state index is -4.30. The lowest BCUT2D eigenvalue weighted by Gasteiger charge is -2.34. The lowest BCUT2D eigenvalue weighted by atomic mass is 10.0. The molecule has 4 rings (SSSR count). The van der Waals surface area contributed by atoms with E-state index < -0.39 is 34.4 Å². The fourth-order valence-corrected chi connectivity index (χ4v) is 6.41. The van der Waals surface area contributed by atoms with Gasteiger partial charge in [-0.1, -0.05) is 66.2 Å². The normalized spacial score (nSPS) is 11.7. The van der Waals surface area contributed by atoms with Gasteiger partial charge in [0, 0.05) is 25.0 Å². The Hall–Kier alpha value is -4.54. The van der Waals surface area contributed by atoms with Crippen LogP contribution in [-0.4, -0.2) is 59.0 Å². The van der Waals surface area contributed by atoms with Crippen LogP contribution >= 0.6 is 11.6 Å². The van der Waals surface area contributed by atoms with Crippen molar-refractivity contribution in [3.05, 3.63) is 119 Å². The first-order valence-corrected chi connectivity index (χ1v) is 15.6. The van der Waals surface area contributed by atoms with Gasteiger partial charge in [0.2, 0.25) is 11.8 Å². The molecule has 0 spiro atoms. The monoisotopic (exact) mass is 635 g/mol. The number of benzene rings is 4. The number of rotatable bonds is 13. The van der Waals surface area contributed by atoms with Crippen molar-refractivity contribution in [2.24, 2.45) is 0 Å². The van der Waals surface area contributed by atoms with Gasteiger partial charge in [0.1, 0.15) is 24.1 Å². The van der Waals surface area contributed by atoms with Gasteiger partial charge in [-0.3, -0.25) is 13.9 Å². The first-order valence-electron chi connectivity index (χ1n) is 13.8. The summed E-state index contributed by atoms with van der Waals surface area (Å²) in [4.78, 5) is 29.1. The number of nitrogens with one attached hydrogen (secondary N) is 1. The van der Waals surface area contributed by atoms with Crippen LogP contribution in [0.4, 0.5) is 5.69 Å². The van der Waals surface area contributed by atoms with Crippen LogP contribution in [0.25, 0.3) is 0 Å². The molecule has 0 saturated heterocycles. The Morgan fingerprint density at radius 2 is 1.50 bits per heavy atom. The first kappa shape index (κ1) is 32.4. The Morgan fingerprint density at radius 3 is 2.14 bits per heavy atom. The van der Waals surface area contributed by atoms with E-state index in [0.29, 0.717) is 16.3 Å². The van der Waals surface area contributed by atoms with E-state index in [1.54, 1.807) is 48.5 Å². The van der Waals surface area contributed by atoms with Gasteiger partial charge in [-0.15, -0.1) is 0 Å². The summed E-state index contributed by atoms with van der Waals surface area (Å²) in [5, 5.41) is 3.13. The van der Waals surface area contributed by atoms with Crippen LogP contribution in [0.1, 0.15) is 11.1 Å². The second-order valence-corrected chi connectivity index (χ2v) is 12.1. The maximum atomic E-state index is 14.4. The van der Waals surface area contributed by atoms with E-state index >= 15 is 0 Å². The molecule has 0 fully saturated rings. The second kappa shape index (κ2) is 14.8. The highest BCUT2D eigenvalue weighted by Gasteiger charge is 2.35. The van der Waals surface area contributed by atoms with Gasteiger partial charge < -0.3 is 19.7 Å². The number of hydrogen-bond donors (Lipinski definition) is 1. The molecule has 0 radical (unpaired) electrons. The predicted molar refractivity (Wildman–Crippen MR) is 171 cm³/mol. The van der Waals surface area contributed by atoms with Crippen molar-refractivity contribution in [2.45, 2.75) is 23.9 Å². The van der Waals surface area contributed by atoms with Gasteiger partial charge in [-0.2, -0.15) is 0 Å². The molecule has 11 heteroatoms. The lowest BCUT2D eigenvalue weighted by molar-refractivity contribution is -0.139. The van der Waals surface area contributed by atoms with Crippen LogP contribution in [0.3, 0.4) is 0 Å². The summed E-state index contributed by atoms with van der Waals surface area (Å²) in [5.74, 6) is -0.264. The van der Waals surface area contributed by atoms with E-state index in [-0.39, 0.29) is 29.3 Å². The number of hydrogen-bond acceptors (Lipinski definition) is 6. The highest BCUT2D eigenvalue weighted by atomic mass is 35.5. The molecule has 0 aliphatic rings. The quantitative estimate of drug-likeness (QED) is 0.223. The summed E-state index contributed by atoms with van der Waals surface area (Å²) in [5.41, 5.74) is 1.67. The number of halogens is 1. The van der Waals surface area contributed by atoms with E-state index in [9.17, 15) is 18.0 Å². The number of likely N-dealkylation sites (N-methyl/N-ethyl adjacent to an activating group) is 1. The zero-order valence-electron chi connectivity index (χ0n) is 24.6. The summed E-state index contributed by atoms with van der Waals surface area (Å²) in [6, 6.07) is 27.7. The van der Waals surface area contributed by atoms with Crippen LogP contribution in [-0.2, 0) is 32.6 Å². The fourth-order valence-electron chi connectivity index (χ4n) is 4.78. The average molecular weight is 636 g/mol. The number of nitrogens with zero attached hydrogens (tertiary/aromatic N) is 2. The van der Waals surface area contributed by atoms with E-state index in [0.717, 1.165) is 9.87 Å². The molecule has 0 bridgehead atoms. The minimum Gasteiger partial charge on any atom is -0.497 e. The molecule has 9 nitrogen and oxygen atoms in total. The van der Waals surface area contributed by atoms with Gasteiger partial charge in [0.25, 0.3) is 10.0 Å². The highest BCUT2D eigenvalue weighted by Crippen LogP contribution is 2.33. The van der Waals surface area contributed by atoms with Crippen LogP contribution in [0.15, 0.2) is 108 Å².